The number of allylic oxidation sites excluding steroid dienone is 1. The summed E-state index contributed by atoms with van der Waals surface area (Å²) in [4.78, 5) is 15.7. The van der Waals surface area contributed by atoms with E-state index in [0.717, 1.165) is 11.1 Å². The first-order valence-corrected chi connectivity index (χ1v) is 4.91. The van der Waals surface area contributed by atoms with Crippen LogP contribution in [0.1, 0.15) is 26.3 Å². The second-order valence-electron chi connectivity index (χ2n) is 3.34. The number of esters is 1. The molecule has 0 saturated heterocycles. The van der Waals surface area contributed by atoms with Crippen molar-refractivity contribution in [3.63, 3.8) is 0 Å². The number of hydrogen-bond donors (Lipinski definition) is 0. The summed E-state index contributed by atoms with van der Waals surface area (Å²) in [5.74, 6) is -0.287. The molecule has 0 unspecified atom stereocenters. The molecule has 80 valence electrons. The Kier molecular flexibility index (Phi) is 4.03. The molecular formula is C12H15NO2. The second kappa shape index (κ2) is 5.29. The summed E-state index contributed by atoms with van der Waals surface area (Å²) in [6, 6.07) is 3.66. The van der Waals surface area contributed by atoms with Crippen molar-refractivity contribution >= 4 is 11.5 Å². The predicted octanol–water partition coefficient (Wildman–Crippen LogP) is 2.44. The maximum absolute atomic E-state index is 11.7. The largest absolute Gasteiger partial charge is 0.462 e. The molecule has 0 saturated carbocycles. The van der Waals surface area contributed by atoms with Gasteiger partial charge >= 0.3 is 5.97 Å². The average molecular weight is 205 g/mol. The zero-order chi connectivity index (χ0) is 11.3. The van der Waals surface area contributed by atoms with Crippen LogP contribution in [0, 0.1) is 0 Å². The van der Waals surface area contributed by atoms with Crippen molar-refractivity contribution in [1.82, 2.24) is 4.98 Å². The summed E-state index contributed by atoms with van der Waals surface area (Å²) < 4.78 is 5.00. The van der Waals surface area contributed by atoms with E-state index in [2.05, 4.69) is 4.98 Å². The normalized spacial score (nSPS) is 9.53. The maximum atomic E-state index is 11.7. The SMILES string of the molecule is CCOC(=O)C(=C(C)C)c1cccnc1. The van der Waals surface area contributed by atoms with Crippen LogP contribution in [-0.2, 0) is 9.53 Å². The first-order chi connectivity index (χ1) is 7.16. The third kappa shape index (κ3) is 2.91. The lowest BCUT2D eigenvalue weighted by atomic mass is 10.0. The van der Waals surface area contributed by atoms with Crippen molar-refractivity contribution in [2.45, 2.75) is 20.8 Å². The quantitative estimate of drug-likeness (QED) is 0.562. The van der Waals surface area contributed by atoms with Gasteiger partial charge in [0.05, 0.1) is 12.2 Å². The van der Waals surface area contributed by atoms with Gasteiger partial charge in [-0.3, -0.25) is 4.98 Å². The molecule has 0 atom stereocenters. The highest BCUT2D eigenvalue weighted by Gasteiger charge is 2.14. The van der Waals surface area contributed by atoms with E-state index in [1.807, 2.05) is 19.9 Å². The Morgan fingerprint density at radius 3 is 2.67 bits per heavy atom. The monoisotopic (exact) mass is 205 g/mol. The number of ether oxygens (including phenoxy) is 1. The lowest BCUT2D eigenvalue weighted by molar-refractivity contribution is -0.136. The highest BCUT2D eigenvalue weighted by atomic mass is 16.5. The van der Waals surface area contributed by atoms with Crippen LogP contribution in [0.25, 0.3) is 5.57 Å². The van der Waals surface area contributed by atoms with E-state index < -0.39 is 0 Å². The summed E-state index contributed by atoms with van der Waals surface area (Å²) in [7, 11) is 0. The molecule has 15 heavy (non-hydrogen) atoms. The number of pyridine rings is 1. The second-order valence-corrected chi connectivity index (χ2v) is 3.34. The molecular weight excluding hydrogens is 190 g/mol. The van der Waals surface area contributed by atoms with E-state index in [-0.39, 0.29) is 5.97 Å². The zero-order valence-electron chi connectivity index (χ0n) is 9.28. The van der Waals surface area contributed by atoms with Gasteiger partial charge in [-0.25, -0.2) is 4.79 Å². The van der Waals surface area contributed by atoms with Gasteiger partial charge in [0.25, 0.3) is 0 Å². The molecule has 0 aliphatic heterocycles. The fraction of sp³-hybridized carbons (Fsp3) is 0.333. The molecule has 0 aliphatic carbocycles. The molecule has 0 amide bonds. The molecule has 0 bridgehead atoms. The third-order valence-electron chi connectivity index (χ3n) is 1.93. The molecule has 1 aromatic rings. The Bertz CT molecular complexity index is 364. The van der Waals surface area contributed by atoms with Gasteiger partial charge in [-0.1, -0.05) is 11.6 Å². The predicted molar refractivity (Wildman–Crippen MR) is 59.1 cm³/mol. The lowest BCUT2D eigenvalue weighted by Gasteiger charge is -2.08. The molecule has 1 heterocycles. The molecule has 0 spiro atoms. The summed E-state index contributed by atoms with van der Waals surface area (Å²) in [5.41, 5.74) is 2.34. The summed E-state index contributed by atoms with van der Waals surface area (Å²) in [5, 5.41) is 0. The van der Waals surface area contributed by atoms with Crippen molar-refractivity contribution < 1.29 is 9.53 Å². The van der Waals surface area contributed by atoms with Crippen molar-refractivity contribution in [1.29, 1.82) is 0 Å². The van der Waals surface area contributed by atoms with Crippen LogP contribution < -0.4 is 0 Å². The Morgan fingerprint density at radius 2 is 2.20 bits per heavy atom. The van der Waals surface area contributed by atoms with Crippen LogP contribution in [0.5, 0.6) is 0 Å². The minimum Gasteiger partial charge on any atom is -0.462 e. The van der Waals surface area contributed by atoms with Crippen LogP contribution in [-0.4, -0.2) is 17.6 Å². The van der Waals surface area contributed by atoms with Crippen molar-refractivity contribution in [3.05, 3.63) is 35.7 Å². The van der Waals surface area contributed by atoms with E-state index in [4.69, 9.17) is 4.74 Å². The van der Waals surface area contributed by atoms with Gasteiger partial charge in [-0.05, 0) is 26.8 Å². The van der Waals surface area contributed by atoms with Crippen molar-refractivity contribution in [3.8, 4) is 0 Å². The number of hydrogen-bond acceptors (Lipinski definition) is 3. The molecule has 1 aromatic heterocycles. The number of nitrogens with zero attached hydrogens (tertiary/aromatic N) is 1. The van der Waals surface area contributed by atoms with Gasteiger partial charge in [0.2, 0.25) is 0 Å². The Labute approximate surface area is 89.8 Å². The van der Waals surface area contributed by atoms with Gasteiger partial charge < -0.3 is 4.74 Å². The van der Waals surface area contributed by atoms with E-state index in [1.165, 1.54) is 0 Å². The first-order valence-electron chi connectivity index (χ1n) is 4.91. The van der Waals surface area contributed by atoms with Crippen molar-refractivity contribution in [2.75, 3.05) is 6.61 Å². The zero-order valence-corrected chi connectivity index (χ0v) is 9.28. The topological polar surface area (TPSA) is 39.2 Å². The van der Waals surface area contributed by atoms with Gasteiger partial charge in [0.1, 0.15) is 0 Å². The highest BCUT2D eigenvalue weighted by Crippen LogP contribution is 2.19. The highest BCUT2D eigenvalue weighted by molar-refractivity contribution is 6.17. The number of carbonyl (C=O) groups is 1. The van der Waals surface area contributed by atoms with Gasteiger partial charge in [-0.15, -0.1) is 0 Å². The molecule has 0 radical (unpaired) electrons. The van der Waals surface area contributed by atoms with E-state index in [9.17, 15) is 4.79 Å². The van der Waals surface area contributed by atoms with E-state index in [1.54, 1.807) is 25.4 Å². The van der Waals surface area contributed by atoms with Crippen LogP contribution >= 0.6 is 0 Å². The smallest absolute Gasteiger partial charge is 0.338 e. The minimum atomic E-state index is -0.287. The molecule has 0 aromatic carbocycles. The standard InChI is InChI=1S/C12H15NO2/c1-4-15-12(14)11(9(2)3)10-6-5-7-13-8-10/h5-8H,4H2,1-3H3. The fourth-order valence-corrected chi connectivity index (χ4v) is 1.32. The minimum absolute atomic E-state index is 0.287. The Hall–Kier alpha value is -1.64. The van der Waals surface area contributed by atoms with Gasteiger partial charge in [0, 0.05) is 18.0 Å². The molecule has 3 heteroatoms. The van der Waals surface area contributed by atoms with E-state index in [0.29, 0.717) is 12.2 Å². The maximum Gasteiger partial charge on any atom is 0.338 e. The molecule has 1 rings (SSSR count). The summed E-state index contributed by atoms with van der Waals surface area (Å²) >= 11 is 0. The van der Waals surface area contributed by atoms with Gasteiger partial charge in [-0.2, -0.15) is 0 Å². The lowest BCUT2D eigenvalue weighted by Crippen LogP contribution is -2.08. The number of aromatic nitrogens is 1. The Balaban J connectivity index is 3.06. The molecule has 3 nitrogen and oxygen atoms in total. The molecule has 0 aliphatic rings. The first kappa shape index (κ1) is 11.4. The number of rotatable bonds is 3. The number of carbonyl (C=O) groups excluding carboxylic acids is 1. The summed E-state index contributed by atoms with van der Waals surface area (Å²) in [6.45, 7) is 5.96. The van der Waals surface area contributed by atoms with Crippen LogP contribution in [0.3, 0.4) is 0 Å². The van der Waals surface area contributed by atoms with E-state index >= 15 is 0 Å². The Morgan fingerprint density at radius 1 is 1.47 bits per heavy atom. The van der Waals surface area contributed by atoms with Crippen molar-refractivity contribution in [2.24, 2.45) is 0 Å². The summed E-state index contributed by atoms with van der Waals surface area (Å²) in [6.07, 6.45) is 3.34. The average Bonchev–Trinajstić information content (AvgIpc) is 2.19. The van der Waals surface area contributed by atoms with Gasteiger partial charge in [0.15, 0.2) is 0 Å². The van der Waals surface area contributed by atoms with Crippen LogP contribution in [0.4, 0.5) is 0 Å². The van der Waals surface area contributed by atoms with Crippen LogP contribution in [0.15, 0.2) is 30.1 Å². The van der Waals surface area contributed by atoms with Crippen LogP contribution in [0.2, 0.25) is 0 Å². The third-order valence-corrected chi connectivity index (χ3v) is 1.93. The fourth-order valence-electron chi connectivity index (χ4n) is 1.32. The molecule has 0 N–H and O–H groups in total. The molecule has 0 fully saturated rings.